The number of carbonyl (C=O) groups excluding carboxylic acids is 1. The Bertz CT molecular complexity index is 767. The number of amides is 1. The minimum Gasteiger partial charge on any atom is -0.383 e. The molecule has 0 saturated heterocycles. The first-order chi connectivity index (χ1) is 10.7. The monoisotopic (exact) mass is 314 g/mol. The molecule has 0 saturated carbocycles. The Morgan fingerprint density at radius 3 is 3.09 bits per heavy atom. The van der Waals surface area contributed by atoms with Crippen molar-refractivity contribution < 1.29 is 4.79 Å². The van der Waals surface area contributed by atoms with E-state index in [1.165, 1.54) is 16.8 Å². The fourth-order valence-electron chi connectivity index (χ4n) is 3.42. The van der Waals surface area contributed by atoms with Crippen LogP contribution >= 0.6 is 11.3 Å². The fraction of sp³-hybridized carbons (Fsp3) is 0.438. The van der Waals surface area contributed by atoms with Crippen molar-refractivity contribution in [3.63, 3.8) is 0 Å². The van der Waals surface area contributed by atoms with Gasteiger partial charge in [-0.15, -0.1) is 11.3 Å². The minimum atomic E-state index is 0.158. The maximum absolute atomic E-state index is 12.7. The van der Waals surface area contributed by atoms with E-state index in [0.29, 0.717) is 18.3 Å². The highest BCUT2D eigenvalue weighted by Gasteiger charge is 2.29. The van der Waals surface area contributed by atoms with E-state index in [2.05, 4.69) is 22.1 Å². The van der Waals surface area contributed by atoms with Crippen molar-refractivity contribution in [3.8, 4) is 0 Å². The molecule has 0 aromatic carbocycles. The molecule has 0 unspecified atom stereocenters. The third-order valence-electron chi connectivity index (χ3n) is 4.60. The molecule has 0 bridgehead atoms. The molecule has 0 fully saturated rings. The number of allylic oxidation sites excluding steroid dienone is 2. The van der Waals surface area contributed by atoms with Gasteiger partial charge in [-0.2, -0.15) is 0 Å². The molecule has 0 spiro atoms. The van der Waals surface area contributed by atoms with Gasteiger partial charge in [-0.05, 0) is 31.2 Å². The van der Waals surface area contributed by atoms with Crippen LogP contribution in [0, 0.1) is 5.92 Å². The smallest absolute Gasteiger partial charge is 0.226 e. The molecule has 5 nitrogen and oxygen atoms in total. The molecule has 6 heteroatoms. The van der Waals surface area contributed by atoms with E-state index in [0.717, 1.165) is 42.4 Å². The maximum Gasteiger partial charge on any atom is 0.226 e. The van der Waals surface area contributed by atoms with Crippen LogP contribution in [0.2, 0.25) is 0 Å². The van der Waals surface area contributed by atoms with Gasteiger partial charge in [-0.3, -0.25) is 4.79 Å². The molecule has 114 valence electrons. The Hall–Kier alpha value is -1.95. The Kier molecular flexibility index (Phi) is 3.33. The number of aromatic nitrogens is 2. The first-order valence-electron chi connectivity index (χ1n) is 7.68. The van der Waals surface area contributed by atoms with Gasteiger partial charge in [0.2, 0.25) is 5.91 Å². The van der Waals surface area contributed by atoms with E-state index in [1.807, 2.05) is 4.90 Å². The summed E-state index contributed by atoms with van der Waals surface area (Å²) >= 11 is 1.64. The van der Waals surface area contributed by atoms with Crippen LogP contribution in [-0.4, -0.2) is 27.3 Å². The highest BCUT2D eigenvalue weighted by atomic mass is 32.1. The second kappa shape index (κ2) is 5.35. The highest BCUT2D eigenvalue weighted by Crippen LogP contribution is 2.36. The summed E-state index contributed by atoms with van der Waals surface area (Å²) in [6.07, 6.45) is 9.54. The molecule has 1 aliphatic carbocycles. The second-order valence-corrected chi connectivity index (χ2v) is 7.02. The van der Waals surface area contributed by atoms with E-state index < -0.39 is 0 Å². The fourth-order valence-corrected chi connectivity index (χ4v) is 4.63. The Morgan fingerprint density at radius 2 is 2.27 bits per heavy atom. The first-order valence-corrected chi connectivity index (χ1v) is 8.50. The summed E-state index contributed by atoms with van der Waals surface area (Å²) in [6.45, 7) is 1.46. The maximum atomic E-state index is 12.7. The van der Waals surface area contributed by atoms with Gasteiger partial charge >= 0.3 is 0 Å². The number of hydrogen-bond donors (Lipinski definition) is 1. The summed E-state index contributed by atoms with van der Waals surface area (Å²) in [6, 6.07) is 0. The number of hydrogen-bond acceptors (Lipinski definition) is 5. The van der Waals surface area contributed by atoms with Gasteiger partial charge in [-0.25, -0.2) is 9.97 Å². The zero-order valence-corrected chi connectivity index (χ0v) is 13.1. The Morgan fingerprint density at radius 1 is 1.36 bits per heavy atom. The molecule has 0 radical (unpaired) electrons. The van der Waals surface area contributed by atoms with Crippen LogP contribution in [-0.2, 0) is 17.8 Å². The molecule has 2 aromatic rings. The van der Waals surface area contributed by atoms with Crippen LogP contribution in [0.4, 0.5) is 5.82 Å². The van der Waals surface area contributed by atoms with Crippen molar-refractivity contribution in [1.29, 1.82) is 0 Å². The Balaban J connectivity index is 1.61. The van der Waals surface area contributed by atoms with Gasteiger partial charge in [0.1, 0.15) is 17.0 Å². The van der Waals surface area contributed by atoms with Gasteiger partial charge in [0.15, 0.2) is 0 Å². The summed E-state index contributed by atoms with van der Waals surface area (Å²) in [7, 11) is 0. The van der Waals surface area contributed by atoms with Crippen LogP contribution in [0.3, 0.4) is 0 Å². The number of fused-ring (bicyclic) bond motifs is 3. The summed E-state index contributed by atoms with van der Waals surface area (Å²) in [5.41, 5.74) is 7.24. The summed E-state index contributed by atoms with van der Waals surface area (Å²) < 4.78 is 0. The molecule has 4 rings (SSSR count). The quantitative estimate of drug-likeness (QED) is 0.821. The average molecular weight is 314 g/mol. The van der Waals surface area contributed by atoms with E-state index in [4.69, 9.17) is 5.73 Å². The van der Waals surface area contributed by atoms with Crippen LogP contribution < -0.4 is 5.73 Å². The number of nitrogen functional groups attached to an aromatic ring is 1. The predicted octanol–water partition coefficient (Wildman–Crippen LogP) is 2.51. The highest BCUT2D eigenvalue weighted by molar-refractivity contribution is 7.19. The molecule has 1 atom stereocenters. The van der Waals surface area contributed by atoms with Gasteiger partial charge in [-0.1, -0.05) is 12.2 Å². The standard InChI is InChI=1S/C16H18N4OS/c17-14-13-11-6-7-20(16(21)10-4-2-1-3-5-10)8-12(11)22-15(13)19-9-18-14/h1-2,9-10H,3-8H2,(H2,17,18,19)/t10-/m0/s1. The Labute approximate surface area is 132 Å². The molecule has 1 amide bonds. The van der Waals surface area contributed by atoms with Gasteiger partial charge in [0.05, 0.1) is 11.9 Å². The summed E-state index contributed by atoms with van der Waals surface area (Å²) in [4.78, 5) is 25.3. The molecule has 2 aliphatic rings. The van der Waals surface area contributed by atoms with Crippen molar-refractivity contribution in [1.82, 2.24) is 14.9 Å². The van der Waals surface area contributed by atoms with Crippen LogP contribution in [0.1, 0.15) is 29.7 Å². The molecular weight excluding hydrogens is 296 g/mol. The van der Waals surface area contributed by atoms with Crippen molar-refractivity contribution >= 4 is 33.3 Å². The number of rotatable bonds is 1. The number of nitrogens with zero attached hydrogens (tertiary/aromatic N) is 3. The predicted molar refractivity (Wildman–Crippen MR) is 87.4 cm³/mol. The van der Waals surface area contributed by atoms with Crippen LogP contribution in [0.15, 0.2) is 18.5 Å². The molecule has 3 heterocycles. The number of carbonyl (C=O) groups is 1. The average Bonchev–Trinajstić information content (AvgIpc) is 2.93. The normalized spacial score (nSPS) is 21.1. The minimum absolute atomic E-state index is 0.158. The van der Waals surface area contributed by atoms with E-state index in [1.54, 1.807) is 11.3 Å². The number of thiophene rings is 1. The molecule has 1 aliphatic heterocycles. The van der Waals surface area contributed by atoms with Crippen molar-refractivity contribution in [3.05, 3.63) is 28.9 Å². The number of anilines is 1. The molecule has 2 N–H and O–H groups in total. The van der Waals surface area contributed by atoms with Gasteiger partial charge in [0, 0.05) is 17.3 Å². The van der Waals surface area contributed by atoms with Crippen molar-refractivity contribution in [2.75, 3.05) is 12.3 Å². The van der Waals surface area contributed by atoms with Crippen LogP contribution in [0.25, 0.3) is 10.2 Å². The second-order valence-electron chi connectivity index (χ2n) is 5.93. The lowest BCUT2D eigenvalue weighted by atomic mass is 9.92. The van der Waals surface area contributed by atoms with E-state index in [9.17, 15) is 4.79 Å². The summed E-state index contributed by atoms with van der Waals surface area (Å²) in [5.74, 6) is 1.01. The summed E-state index contributed by atoms with van der Waals surface area (Å²) in [5, 5.41) is 0.996. The molecule has 22 heavy (non-hydrogen) atoms. The topological polar surface area (TPSA) is 72.1 Å². The van der Waals surface area contributed by atoms with Crippen molar-refractivity contribution in [2.24, 2.45) is 5.92 Å². The molecule has 2 aromatic heterocycles. The van der Waals surface area contributed by atoms with Gasteiger partial charge < -0.3 is 10.6 Å². The van der Waals surface area contributed by atoms with Crippen LogP contribution in [0.5, 0.6) is 0 Å². The SMILES string of the molecule is Nc1ncnc2sc3c(c12)CCN(C(=O)[C@H]1CC=CCC1)C3. The van der Waals surface area contributed by atoms with E-state index >= 15 is 0 Å². The zero-order chi connectivity index (χ0) is 15.1. The zero-order valence-electron chi connectivity index (χ0n) is 12.3. The van der Waals surface area contributed by atoms with Crippen molar-refractivity contribution in [2.45, 2.75) is 32.2 Å². The largest absolute Gasteiger partial charge is 0.383 e. The van der Waals surface area contributed by atoms with E-state index in [-0.39, 0.29) is 5.92 Å². The third-order valence-corrected chi connectivity index (χ3v) is 5.72. The lowest BCUT2D eigenvalue weighted by Crippen LogP contribution is -2.39. The van der Waals surface area contributed by atoms with Gasteiger partial charge in [0.25, 0.3) is 0 Å². The third kappa shape index (κ3) is 2.18. The molecular formula is C16H18N4OS. The lowest BCUT2D eigenvalue weighted by Gasteiger charge is -2.31. The first kappa shape index (κ1) is 13.7. The lowest BCUT2D eigenvalue weighted by molar-refractivity contribution is -0.136. The number of nitrogens with two attached hydrogens (primary N) is 1.